The lowest BCUT2D eigenvalue weighted by Crippen LogP contribution is -3.13. The molecular formula is C12H23NO2. The Morgan fingerprint density at radius 1 is 1.27 bits per heavy atom. The minimum atomic E-state index is -0.912. The summed E-state index contributed by atoms with van der Waals surface area (Å²) in [5, 5.41) is 10.2. The summed E-state index contributed by atoms with van der Waals surface area (Å²) in [6, 6.07) is 0.821. The van der Waals surface area contributed by atoms with Gasteiger partial charge in [-0.05, 0) is 44.9 Å². The third-order valence-electron chi connectivity index (χ3n) is 3.50. The zero-order valence-electron chi connectivity index (χ0n) is 9.76. The number of hydrogen-bond acceptors (Lipinski definition) is 2. The minimum Gasteiger partial charge on any atom is -0.550 e. The second kappa shape index (κ2) is 6.83. The normalized spacial score (nSPS) is 20.1. The van der Waals surface area contributed by atoms with Gasteiger partial charge in [-0.15, -0.1) is 0 Å². The predicted octanol–water partition coefficient (Wildman–Crippen LogP) is -0.246. The van der Waals surface area contributed by atoms with Gasteiger partial charge in [0.25, 0.3) is 0 Å². The van der Waals surface area contributed by atoms with Crippen LogP contribution in [0.2, 0.25) is 0 Å². The van der Waals surface area contributed by atoms with Crippen LogP contribution in [0.5, 0.6) is 0 Å². The maximum atomic E-state index is 10.2. The van der Waals surface area contributed by atoms with Crippen LogP contribution in [0.3, 0.4) is 0 Å². The zero-order chi connectivity index (χ0) is 11.1. The fraction of sp³-hybridized carbons (Fsp3) is 0.917. The first kappa shape index (κ1) is 12.5. The Kier molecular flexibility index (Phi) is 5.69. The molecule has 0 aromatic rings. The molecule has 1 aliphatic rings. The third-order valence-corrected chi connectivity index (χ3v) is 3.50. The Balaban J connectivity index is 2.06. The van der Waals surface area contributed by atoms with Gasteiger partial charge in [0, 0.05) is 5.97 Å². The maximum absolute atomic E-state index is 10.2. The number of carbonyl (C=O) groups is 1. The SMILES string of the molecule is C[NH+](CCCCC(=O)[O-])C1CCCCC1. The van der Waals surface area contributed by atoms with Gasteiger partial charge in [0.05, 0.1) is 19.6 Å². The fourth-order valence-electron chi connectivity index (χ4n) is 2.47. The lowest BCUT2D eigenvalue weighted by atomic mass is 9.94. The molecule has 1 fully saturated rings. The Bertz CT molecular complexity index is 188. The van der Waals surface area contributed by atoms with Gasteiger partial charge in [0.15, 0.2) is 0 Å². The molecule has 0 spiro atoms. The molecule has 0 bridgehead atoms. The quantitative estimate of drug-likeness (QED) is 0.619. The monoisotopic (exact) mass is 213 g/mol. The van der Waals surface area contributed by atoms with E-state index in [1.165, 1.54) is 32.1 Å². The van der Waals surface area contributed by atoms with Crippen LogP contribution < -0.4 is 10.0 Å². The molecule has 0 aliphatic heterocycles. The minimum absolute atomic E-state index is 0.220. The summed E-state index contributed by atoms with van der Waals surface area (Å²) in [7, 11) is 2.25. The first-order valence-electron chi connectivity index (χ1n) is 6.22. The van der Waals surface area contributed by atoms with Crippen molar-refractivity contribution >= 4 is 5.97 Å². The summed E-state index contributed by atoms with van der Waals surface area (Å²) in [6.07, 6.45) is 8.86. The van der Waals surface area contributed by atoms with Gasteiger partial charge < -0.3 is 14.8 Å². The summed E-state index contributed by atoms with van der Waals surface area (Å²) in [4.78, 5) is 11.8. The summed E-state index contributed by atoms with van der Waals surface area (Å²) in [6.45, 7) is 1.11. The van der Waals surface area contributed by atoms with E-state index in [0.717, 1.165) is 25.4 Å². The van der Waals surface area contributed by atoms with E-state index in [9.17, 15) is 9.90 Å². The van der Waals surface area contributed by atoms with Crippen molar-refractivity contribution in [3.05, 3.63) is 0 Å². The van der Waals surface area contributed by atoms with Crippen LogP contribution in [0.1, 0.15) is 51.4 Å². The Morgan fingerprint density at radius 2 is 1.93 bits per heavy atom. The summed E-state index contributed by atoms with van der Waals surface area (Å²) in [5.41, 5.74) is 0. The van der Waals surface area contributed by atoms with Crippen LogP contribution in [0.15, 0.2) is 0 Å². The highest BCUT2D eigenvalue weighted by Crippen LogP contribution is 2.15. The topological polar surface area (TPSA) is 44.6 Å². The lowest BCUT2D eigenvalue weighted by molar-refractivity contribution is -0.907. The van der Waals surface area contributed by atoms with E-state index in [4.69, 9.17) is 0 Å². The molecule has 0 aromatic carbocycles. The van der Waals surface area contributed by atoms with E-state index in [1.54, 1.807) is 4.90 Å². The molecule has 0 aromatic heterocycles. The van der Waals surface area contributed by atoms with Gasteiger partial charge in [0.1, 0.15) is 0 Å². The number of carboxylic acid groups (broad SMARTS) is 1. The van der Waals surface area contributed by atoms with E-state index >= 15 is 0 Å². The highest BCUT2D eigenvalue weighted by Gasteiger charge is 2.20. The first-order chi connectivity index (χ1) is 7.20. The van der Waals surface area contributed by atoms with Crippen LogP contribution in [-0.2, 0) is 4.79 Å². The number of hydrogen-bond donors (Lipinski definition) is 1. The third kappa shape index (κ3) is 5.17. The van der Waals surface area contributed by atoms with E-state index in [2.05, 4.69) is 7.05 Å². The van der Waals surface area contributed by atoms with Crippen molar-refractivity contribution in [1.82, 2.24) is 0 Å². The van der Waals surface area contributed by atoms with E-state index in [0.29, 0.717) is 0 Å². The second-order valence-corrected chi connectivity index (χ2v) is 4.76. The van der Waals surface area contributed by atoms with Crippen LogP contribution in [-0.4, -0.2) is 25.6 Å². The molecule has 1 N–H and O–H groups in total. The number of aliphatic carboxylic acids is 1. The van der Waals surface area contributed by atoms with Gasteiger partial charge >= 0.3 is 0 Å². The molecule has 15 heavy (non-hydrogen) atoms. The molecule has 88 valence electrons. The number of carbonyl (C=O) groups excluding carboxylic acids is 1. The number of unbranched alkanes of at least 4 members (excludes halogenated alkanes) is 1. The smallest absolute Gasteiger partial charge is 0.0872 e. The molecule has 3 nitrogen and oxygen atoms in total. The lowest BCUT2D eigenvalue weighted by Gasteiger charge is -2.28. The number of quaternary nitrogens is 1. The zero-order valence-corrected chi connectivity index (χ0v) is 9.76. The van der Waals surface area contributed by atoms with Gasteiger partial charge in [-0.1, -0.05) is 6.42 Å². The van der Waals surface area contributed by atoms with Crippen LogP contribution in [0.4, 0.5) is 0 Å². The molecule has 0 heterocycles. The van der Waals surface area contributed by atoms with E-state index in [-0.39, 0.29) is 6.42 Å². The molecule has 3 heteroatoms. The first-order valence-corrected chi connectivity index (χ1v) is 6.22. The summed E-state index contributed by atoms with van der Waals surface area (Å²) < 4.78 is 0. The average Bonchev–Trinajstić information content (AvgIpc) is 2.25. The van der Waals surface area contributed by atoms with Gasteiger partial charge in [0.2, 0.25) is 0 Å². The Labute approximate surface area is 92.5 Å². The number of rotatable bonds is 6. The van der Waals surface area contributed by atoms with Gasteiger partial charge in [-0.2, -0.15) is 0 Å². The molecule has 1 rings (SSSR count). The molecule has 1 unspecified atom stereocenters. The fourth-order valence-corrected chi connectivity index (χ4v) is 2.47. The highest BCUT2D eigenvalue weighted by atomic mass is 16.4. The standard InChI is InChI=1S/C12H23NO2/c1-13(10-6-5-9-12(14)15)11-7-3-2-4-8-11/h11H,2-10H2,1H3,(H,14,15). The molecule has 1 saturated carbocycles. The van der Waals surface area contributed by atoms with Crippen molar-refractivity contribution in [2.75, 3.05) is 13.6 Å². The maximum Gasteiger partial charge on any atom is 0.0872 e. The molecular weight excluding hydrogens is 190 g/mol. The van der Waals surface area contributed by atoms with Gasteiger partial charge in [-0.25, -0.2) is 0 Å². The van der Waals surface area contributed by atoms with Crippen LogP contribution in [0.25, 0.3) is 0 Å². The van der Waals surface area contributed by atoms with Crippen molar-refractivity contribution in [2.24, 2.45) is 0 Å². The van der Waals surface area contributed by atoms with E-state index < -0.39 is 5.97 Å². The van der Waals surface area contributed by atoms with Crippen molar-refractivity contribution in [3.63, 3.8) is 0 Å². The Hall–Kier alpha value is -0.570. The van der Waals surface area contributed by atoms with Crippen LogP contribution >= 0.6 is 0 Å². The average molecular weight is 213 g/mol. The highest BCUT2D eigenvalue weighted by molar-refractivity contribution is 5.63. The number of nitrogens with one attached hydrogen (secondary N) is 1. The molecule has 0 radical (unpaired) electrons. The molecule has 1 atom stereocenters. The molecule has 1 aliphatic carbocycles. The van der Waals surface area contributed by atoms with Crippen molar-refractivity contribution in [1.29, 1.82) is 0 Å². The van der Waals surface area contributed by atoms with Gasteiger partial charge in [-0.3, -0.25) is 0 Å². The summed E-state index contributed by atoms with van der Waals surface area (Å²) in [5.74, 6) is -0.912. The molecule has 0 saturated heterocycles. The van der Waals surface area contributed by atoms with Crippen molar-refractivity contribution in [3.8, 4) is 0 Å². The van der Waals surface area contributed by atoms with Crippen molar-refractivity contribution < 1.29 is 14.8 Å². The summed E-state index contributed by atoms with van der Waals surface area (Å²) >= 11 is 0. The Morgan fingerprint density at radius 3 is 2.53 bits per heavy atom. The number of carboxylic acids is 1. The second-order valence-electron chi connectivity index (χ2n) is 4.76. The molecule has 0 amide bonds. The van der Waals surface area contributed by atoms with E-state index in [1.807, 2.05) is 0 Å². The largest absolute Gasteiger partial charge is 0.550 e. The van der Waals surface area contributed by atoms with Crippen LogP contribution in [0, 0.1) is 0 Å². The van der Waals surface area contributed by atoms with Crippen molar-refractivity contribution in [2.45, 2.75) is 57.4 Å². The predicted molar refractivity (Wildman–Crippen MR) is 57.5 cm³/mol.